The van der Waals surface area contributed by atoms with Crippen LogP contribution in [-0.4, -0.2) is 16.8 Å². The Morgan fingerprint density at radius 1 is 1.39 bits per heavy atom. The van der Waals surface area contributed by atoms with Crippen molar-refractivity contribution >= 4 is 12.0 Å². The highest BCUT2D eigenvalue weighted by atomic mass is 16.1. The molecule has 1 aliphatic heterocycles. The molecule has 0 saturated carbocycles. The first-order valence-corrected chi connectivity index (χ1v) is 8.10. The van der Waals surface area contributed by atoms with Crippen molar-refractivity contribution in [2.45, 2.75) is 52.7 Å². The Hall–Kier alpha value is -1.87. The molecule has 0 fully saturated rings. The number of hydrogen-bond acceptors (Lipinski definition) is 3. The summed E-state index contributed by atoms with van der Waals surface area (Å²) in [7, 11) is 0. The van der Waals surface area contributed by atoms with E-state index < -0.39 is 5.66 Å². The number of nitrogens with zero attached hydrogens (tertiary/aromatic N) is 1. The van der Waals surface area contributed by atoms with Gasteiger partial charge >= 0.3 is 0 Å². The molecule has 2 rings (SSSR count). The number of carbonyl (C=O) groups excluding carboxylic acids is 1. The number of aryl methyl sites for hydroxylation is 1. The van der Waals surface area contributed by atoms with Gasteiger partial charge in [-0.05, 0) is 35.5 Å². The number of benzene rings is 1. The summed E-state index contributed by atoms with van der Waals surface area (Å²) in [5, 5.41) is 0. The van der Waals surface area contributed by atoms with Crippen molar-refractivity contribution in [3.05, 3.63) is 53.6 Å². The first-order chi connectivity index (χ1) is 10.6. The molecule has 1 heterocycles. The third-order valence-corrected chi connectivity index (χ3v) is 4.92. The smallest absolute Gasteiger partial charge is 0.120 e. The van der Waals surface area contributed by atoms with Gasteiger partial charge in [-0.3, -0.25) is 0 Å². The lowest BCUT2D eigenvalue weighted by atomic mass is 9.77. The summed E-state index contributed by atoms with van der Waals surface area (Å²) in [6.45, 7) is 17.7. The van der Waals surface area contributed by atoms with Gasteiger partial charge in [0.15, 0.2) is 0 Å². The van der Waals surface area contributed by atoms with Gasteiger partial charge in [-0.1, -0.05) is 52.1 Å². The highest BCUT2D eigenvalue weighted by Gasteiger charge is 2.43. The molecule has 0 bridgehead atoms. The summed E-state index contributed by atoms with van der Waals surface area (Å²) in [6.07, 6.45) is 1.87. The number of aldehydes is 1. The summed E-state index contributed by atoms with van der Waals surface area (Å²) in [5.74, 6) is 0. The lowest BCUT2D eigenvalue weighted by molar-refractivity contribution is -0.108. The van der Waals surface area contributed by atoms with Crippen LogP contribution < -0.4 is 5.73 Å². The minimum Gasteiger partial charge on any atom is -0.345 e. The maximum Gasteiger partial charge on any atom is 0.120 e. The van der Waals surface area contributed by atoms with Crippen molar-refractivity contribution in [3.8, 4) is 0 Å². The molecule has 3 nitrogen and oxygen atoms in total. The Morgan fingerprint density at radius 2 is 2.04 bits per heavy atom. The number of rotatable bonds is 5. The van der Waals surface area contributed by atoms with Gasteiger partial charge in [0.2, 0.25) is 0 Å². The molecule has 0 aliphatic carbocycles. The van der Waals surface area contributed by atoms with E-state index in [-0.39, 0.29) is 5.41 Å². The molecule has 1 atom stereocenters. The molecular formula is C20H28N2O. The monoisotopic (exact) mass is 312 g/mol. The number of carbonyl (C=O) groups is 1. The molecule has 1 aromatic carbocycles. The molecule has 23 heavy (non-hydrogen) atoms. The van der Waals surface area contributed by atoms with Crippen molar-refractivity contribution < 1.29 is 4.79 Å². The van der Waals surface area contributed by atoms with E-state index in [2.05, 4.69) is 57.9 Å². The van der Waals surface area contributed by atoms with Crippen LogP contribution in [-0.2, 0) is 11.3 Å². The SMILES string of the molecule is C=C1c2cccc(C)c2CN1C(N)(CCC=O)C(=C)C(C)(C)C. The van der Waals surface area contributed by atoms with E-state index in [1.165, 1.54) is 11.1 Å². The molecule has 0 amide bonds. The van der Waals surface area contributed by atoms with Crippen molar-refractivity contribution in [1.29, 1.82) is 0 Å². The van der Waals surface area contributed by atoms with Gasteiger partial charge in [0, 0.05) is 24.2 Å². The third-order valence-electron chi connectivity index (χ3n) is 4.92. The molecule has 124 valence electrons. The molecule has 3 heteroatoms. The average molecular weight is 312 g/mol. The predicted octanol–water partition coefficient (Wildman–Crippen LogP) is 4.02. The van der Waals surface area contributed by atoms with E-state index in [1.54, 1.807) is 0 Å². The third kappa shape index (κ3) is 2.98. The molecule has 1 unspecified atom stereocenters. The van der Waals surface area contributed by atoms with E-state index in [4.69, 9.17) is 5.73 Å². The van der Waals surface area contributed by atoms with Crippen molar-refractivity contribution in [2.75, 3.05) is 0 Å². The van der Waals surface area contributed by atoms with Crippen LogP contribution in [0.4, 0.5) is 0 Å². The van der Waals surface area contributed by atoms with Crippen LogP contribution in [0.2, 0.25) is 0 Å². The van der Waals surface area contributed by atoms with Gasteiger partial charge < -0.3 is 15.4 Å². The maximum absolute atomic E-state index is 11.0. The van der Waals surface area contributed by atoms with E-state index in [1.807, 2.05) is 6.07 Å². The number of nitrogens with two attached hydrogens (primary N) is 1. The summed E-state index contributed by atoms with van der Waals surface area (Å²) in [5.41, 5.74) is 11.4. The lowest BCUT2D eigenvalue weighted by Gasteiger charge is -2.46. The Bertz CT molecular complexity index is 654. The molecular weight excluding hydrogens is 284 g/mol. The van der Waals surface area contributed by atoms with Crippen molar-refractivity contribution in [1.82, 2.24) is 4.90 Å². The predicted molar refractivity (Wildman–Crippen MR) is 96.6 cm³/mol. The van der Waals surface area contributed by atoms with Crippen LogP contribution in [0, 0.1) is 12.3 Å². The van der Waals surface area contributed by atoms with Crippen molar-refractivity contribution in [3.63, 3.8) is 0 Å². The molecule has 0 aromatic heterocycles. The van der Waals surface area contributed by atoms with Gasteiger partial charge in [0.05, 0.1) is 0 Å². The van der Waals surface area contributed by atoms with E-state index in [9.17, 15) is 4.79 Å². The Kier molecular flexibility index (Phi) is 4.54. The second-order valence-electron chi connectivity index (χ2n) is 7.49. The highest BCUT2D eigenvalue weighted by Crippen LogP contribution is 2.44. The largest absolute Gasteiger partial charge is 0.345 e. The highest BCUT2D eigenvalue weighted by molar-refractivity contribution is 5.71. The van der Waals surface area contributed by atoms with E-state index in [0.29, 0.717) is 19.4 Å². The summed E-state index contributed by atoms with van der Waals surface area (Å²) >= 11 is 0. The van der Waals surface area contributed by atoms with E-state index in [0.717, 1.165) is 23.1 Å². The average Bonchev–Trinajstić information content (AvgIpc) is 2.82. The minimum absolute atomic E-state index is 0.151. The fourth-order valence-electron chi connectivity index (χ4n) is 3.34. The zero-order chi connectivity index (χ0) is 17.4. The molecule has 0 saturated heterocycles. The topological polar surface area (TPSA) is 46.3 Å². The Labute approximate surface area is 139 Å². The zero-order valence-electron chi connectivity index (χ0n) is 14.8. The molecule has 1 aromatic rings. The van der Waals surface area contributed by atoms with Crippen LogP contribution in [0.5, 0.6) is 0 Å². The quantitative estimate of drug-likeness (QED) is 0.660. The first-order valence-electron chi connectivity index (χ1n) is 8.10. The Balaban J connectivity index is 2.46. The van der Waals surface area contributed by atoms with Crippen LogP contribution in [0.15, 0.2) is 36.9 Å². The van der Waals surface area contributed by atoms with Crippen molar-refractivity contribution in [2.24, 2.45) is 11.1 Å². The second-order valence-corrected chi connectivity index (χ2v) is 7.49. The second kappa shape index (κ2) is 5.97. The molecule has 0 radical (unpaired) electrons. The lowest BCUT2D eigenvalue weighted by Crippen LogP contribution is -2.56. The minimum atomic E-state index is -0.776. The molecule has 0 spiro atoms. The van der Waals surface area contributed by atoms with Crippen LogP contribution in [0.1, 0.15) is 50.3 Å². The number of fused-ring (bicyclic) bond motifs is 1. The van der Waals surface area contributed by atoms with Crippen LogP contribution in [0.3, 0.4) is 0 Å². The Morgan fingerprint density at radius 3 is 2.57 bits per heavy atom. The number of hydrogen-bond donors (Lipinski definition) is 1. The summed E-state index contributed by atoms with van der Waals surface area (Å²) < 4.78 is 0. The zero-order valence-corrected chi connectivity index (χ0v) is 14.8. The van der Waals surface area contributed by atoms with Crippen LogP contribution in [0.25, 0.3) is 5.70 Å². The first kappa shape index (κ1) is 17.5. The fourth-order valence-corrected chi connectivity index (χ4v) is 3.34. The summed E-state index contributed by atoms with van der Waals surface area (Å²) in [4.78, 5) is 13.1. The van der Waals surface area contributed by atoms with Gasteiger partial charge in [-0.15, -0.1) is 0 Å². The van der Waals surface area contributed by atoms with E-state index >= 15 is 0 Å². The standard InChI is InChI=1S/C20H28N2O/c1-14-9-7-10-17-15(2)22(13-18(14)17)20(21,11-8-12-23)16(3)19(4,5)6/h7,9-10,12H,2-3,8,11,13,21H2,1,4-6H3. The normalized spacial score (nSPS) is 16.9. The van der Waals surface area contributed by atoms with Crippen LogP contribution >= 0.6 is 0 Å². The molecule has 1 aliphatic rings. The maximum atomic E-state index is 11.0. The molecule has 2 N–H and O–H groups in total. The summed E-state index contributed by atoms with van der Waals surface area (Å²) in [6, 6.07) is 6.24. The van der Waals surface area contributed by atoms with Gasteiger partial charge in [-0.25, -0.2) is 0 Å². The fraction of sp³-hybridized carbons (Fsp3) is 0.450. The van der Waals surface area contributed by atoms with Gasteiger partial charge in [0.1, 0.15) is 11.9 Å². The van der Waals surface area contributed by atoms with Gasteiger partial charge in [-0.2, -0.15) is 0 Å². The van der Waals surface area contributed by atoms with Gasteiger partial charge in [0.25, 0.3) is 0 Å².